The zero-order chi connectivity index (χ0) is 6.27. The van der Waals surface area contributed by atoms with Crippen LogP contribution in [0.5, 0.6) is 0 Å². The average molecular weight is 127 g/mol. The average Bonchev–Trinajstić information content (AvgIpc) is 2.45. The minimum Gasteiger partial charge on any atom is -0.375 e. The van der Waals surface area contributed by atoms with Crippen molar-refractivity contribution in [3.63, 3.8) is 0 Å². The molecule has 2 fully saturated rings. The van der Waals surface area contributed by atoms with Crippen LogP contribution in [0.15, 0.2) is 0 Å². The molecular formula is C7H13NO. The van der Waals surface area contributed by atoms with E-state index in [2.05, 4.69) is 11.8 Å². The van der Waals surface area contributed by atoms with Crippen molar-refractivity contribution in [3.05, 3.63) is 0 Å². The zero-order valence-corrected chi connectivity index (χ0v) is 5.84. The first-order valence-electron chi connectivity index (χ1n) is 3.76. The molecule has 2 heterocycles. The molecule has 0 aromatic heterocycles. The molecule has 2 aliphatic rings. The molecule has 2 rings (SSSR count). The minimum absolute atomic E-state index is 0.579. The summed E-state index contributed by atoms with van der Waals surface area (Å²) >= 11 is 0. The number of hydrogen-bond donors (Lipinski definition) is 0. The largest absolute Gasteiger partial charge is 0.375 e. The molecule has 0 aromatic carbocycles. The molecule has 52 valence electrons. The van der Waals surface area contributed by atoms with Crippen LogP contribution in [0.25, 0.3) is 0 Å². The number of likely N-dealkylation sites (tertiary alicyclic amines) is 1. The Hall–Kier alpha value is -0.0800. The first-order chi connectivity index (χ1) is 4.40. The van der Waals surface area contributed by atoms with E-state index in [0.29, 0.717) is 6.10 Å². The summed E-state index contributed by atoms with van der Waals surface area (Å²) in [5.74, 6) is 0. The highest BCUT2D eigenvalue weighted by Crippen LogP contribution is 2.26. The van der Waals surface area contributed by atoms with E-state index in [1.807, 2.05) is 0 Å². The second kappa shape index (κ2) is 1.96. The topological polar surface area (TPSA) is 12.5 Å². The maximum absolute atomic E-state index is 5.44. The number of ether oxygens (including phenoxy) is 1. The molecule has 0 aliphatic carbocycles. The summed E-state index contributed by atoms with van der Waals surface area (Å²) in [5.41, 5.74) is 0. The van der Waals surface area contributed by atoms with Gasteiger partial charge in [-0.05, 0) is 13.0 Å². The maximum Gasteiger partial charge on any atom is 0.0718 e. The zero-order valence-electron chi connectivity index (χ0n) is 5.84. The molecule has 9 heavy (non-hydrogen) atoms. The Labute approximate surface area is 55.8 Å². The van der Waals surface area contributed by atoms with Gasteiger partial charge in [0, 0.05) is 12.6 Å². The Bertz CT molecular complexity index is 115. The van der Waals surface area contributed by atoms with E-state index in [1.54, 1.807) is 0 Å². The van der Waals surface area contributed by atoms with E-state index >= 15 is 0 Å². The highest BCUT2D eigenvalue weighted by molar-refractivity contribution is 4.90. The van der Waals surface area contributed by atoms with E-state index in [9.17, 15) is 0 Å². The van der Waals surface area contributed by atoms with Crippen molar-refractivity contribution >= 4 is 0 Å². The number of morpholine rings is 1. The van der Waals surface area contributed by atoms with Gasteiger partial charge in [-0.25, -0.2) is 0 Å². The Morgan fingerprint density at radius 2 is 2.56 bits per heavy atom. The van der Waals surface area contributed by atoms with Crippen LogP contribution in [-0.2, 0) is 4.74 Å². The Morgan fingerprint density at radius 3 is 2.89 bits per heavy atom. The summed E-state index contributed by atoms with van der Waals surface area (Å²) in [4.78, 5) is 2.51. The quantitative estimate of drug-likeness (QED) is 0.508. The summed E-state index contributed by atoms with van der Waals surface area (Å²) < 4.78 is 5.44. The lowest BCUT2D eigenvalue weighted by molar-refractivity contribution is 0.0329. The lowest BCUT2D eigenvalue weighted by Gasteiger charge is -2.24. The normalized spacial score (nSPS) is 42.3. The predicted molar refractivity (Wildman–Crippen MR) is 35.4 cm³/mol. The van der Waals surface area contributed by atoms with E-state index in [-0.39, 0.29) is 0 Å². The van der Waals surface area contributed by atoms with Crippen molar-refractivity contribution in [3.8, 4) is 0 Å². The molecule has 0 saturated carbocycles. The fourth-order valence-electron chi connectivity index (χ4n) is 1.87. The van der Waals surface area contributed by atoms with Gasteiger partial charge in [0.25, 0.3) is 0 Å². The van der Waals surface area contributed by atoms with Gasteiger partial charge in [0.1, 0.15) is 0 Å². The third-order valence-electron chi connectivity index (χ3n) is 2.42. The molecule has 0 amide bonds. The molecule has 2 heteroatoms. The SMILES string of the molecule is CCN1C[C@H]2C[C@@H]1CO2. The summed E-state index contributed by atoms with van der Waals surface area (Å²) in [6.07, 6.45) is 1.86. The Balaban J connectivity index is 2.01. The first-order valence-corrected chi connectivity index (χ1v) is 3.76. The van der Waals surface area contributed by atoms with Gasteiger partial charge in [0.15, 0.2) is 0 Å². The van der Waals surface area contributed by atoms with E-state index < -0.39 is 0 Å². The van der Waals surface area contributed by atoms with Crippen molar-refractivity contribution in [2.75, 3.05) is 19.7 Å². The lowest BCUT2D eigenvalue weighted by Crippen LogP contribution is -2.36. The molecule has 0 aromatic rings. The third-order valence-corrected chi connectivity index (χ3v) is 2.42. The predicted octanol–water partition coefficient (Wildman–Crippen LogP) is 0.479. The molecule has 2 nitrogen and oxygen atoms in total. The van der Waals surface area contributed by atoms with Crippen molar-refractivity contribution in [1.82, 2.24) is 4.90 Å². The van der Waals surface area contributed by atoms with Crippen LogP contribution in [0.4, 0.5) is 0 Å². The molecule has 2 bridgehead atoms. The second-order valence-corrected chi connectivity index (χ2v) is 2.93. The van der Waals surface area contributed by atoms with Gasteiger partial charge >= 0.3 is 0 Å². The number of fused-ring (bicyclic) bond motifs is 2. The number of hydrogen-bond acceptors (Lipinski definition) is 2. The summed E-state index contributed by atoms with van der Waals surface area (Å²) in [5, 5.41) is 0. The first kappa shape index (κ1) is 5.69. The van der Waals surface area contributed by atoms with Crippen LogP contribution >= 0.6 is 0 Å². The lowest BCUT2D eigenvalue weighted by atomic mass is 10.2. The van der Waals surface area contributed by atoms with Crippen LogP contribution < -0.4 is 0 Å². The molecule has 0 unspecified atom stereocenters. The molecule has 0 spiro atoms. The maximum atomic E-state index is 5.44. The Morgan fingerprint density at radius 1 is 1.67 bits per heavy atom. The number of nitrogens with zero attached hydrogens (tertiary/aromatic N) is 1. The monoisotopic (exact) mass is 127 g/mol. The highest BCUT2D eigenvalue weighted by Gasteiger charge is 2.37. The van der Waals surface area contributed by atoms with Crippen molar-refractivity contribution in [2.24, 2.45) is 0 Å². The van der Waals surface area contributed by atoms with Crippen LogP contribution in [0.1, 0.15) is 13.3 Å². The Kier molecular flexibility index (Phi) is 1.24. The highest BCUT2D eigenvalue weighted by atomic mass is 16.5. The van der Waals surface area contributed by atoms with Crippen molar-refractivity contribution in [1.29, 1.82) is 0 Å². The van der Waals surface area contributed by atoms with Crippen LogP contribution in [-0.4, -0.2) is 36.7 Å². The van der Waals surface area contributed by atoms with Gasteiger partial charge in [0.2, 0.25) is 0 Å². The third kappa shape index (κ3) is 0.775. The van der Waals surface area contributed by atoms with Gasteiger partial charge in [-0.3, -0.25) is 4.90 Å². The van der Waals surface area contributed by atoms with E-state index in [4.69, 9.17) is 4.74 Å². The number of likely N-dealkylation sites (N-methyl/N-ethyl adjacent to an activating group) is 1. The molecule has 0 N–H and O–H groups in total. The smallest absolute Gasteiger partial charge is 0.0718 e. The van der Waals surface area contributed by atoms with Gasteiger partial charge < -0.3 is 4.74 Å². The fraction of sp³-hybridized carbons (Fsp3) is 1.00. The fourth-order valence-corrected chi connectivity index (χ4v) is 1.87. The van der Waals surface area contributed by atoms with Gasteiger partial charge in [-0.15, -0.1) is 0 Å². The summed E-state index contributed by atoms with van der Waals surface area (Å²) in [7, 11) is 0. The standard InChI is InChI=1S/C7H13NO/c1-2-8-4-7-3-6(8)5-9-7/h6-7H,2-5H2,1H3/t6-,7-/m1/s1. The summed E-state index contributed by atoms with van der Waals surface area (Å²) in [6.45, 7) is 5.59. The minimum atomic E-state index is 0.579. The van der Waals surface area contributed by atoms with Gasteiger partial charge in [-0.1, -0.05) is 6.92 Å². The second-order valence-electron chi connectivity index (χ2n) is 2.93. The molecular weight excluding hydrogens is 114 g/mol. The van der Waals surface area contributed by atoms with Crippen molar-refractivity contribution in [2.45, 2.75) is 25.5 Å². The van der Waals surface area contributed by atoms with E-state index in [0.717, 1.165) is 12.6 Å². The molecule has 0 radical (unpaired) electrons. The van der Waals surface area contributed by atoms with Gasteiger partial charge in [0.05, 0.1) is 12.7 Å². The van der Waals surface area contributed by atoms with E-state index in [1.165, 1.54) is 19.5 Å². The summed E-state index contributed by atoms with van der Waals surface area (Å²) in [6, 6.07) is 0.764. The molecule has 2 saturated heterocycles. The van der Waals surface area contributed by atoms with Gasteiger partial charge in [-0.2, -0.15) is 0 Å². The molecule has 2 atom stereocenters. The van der Waals surface area contributed by atoms with Crippen molar-refractivity contribution < 1.29 is 4.74 Å². The number of rotatable bonds is 1. The van der Waals surface area contributed by atoms with Crippen LogP contribution in [0.2, 0.25) is 0 Å². The van der Waals surface area contributed by atoms with Crippen LogP contribution in [0, 0.1) is 0 Å². The van der Waals surface area contributed by atoms with Crippen LogP contribution in [0.3, 0.4) is 0 Å². The molecule has 2 aliphatic heterocycles.